The van der Waals surface area contributed by atoms with Crippen LogP contribution in [-0.4, -0.2) is 12.1 Å². The van der Waals surface area contributed by atoms with Crippen LogP contribution in [0, 0.1) is 12.7 Å². The van der Waals surface area contributed by atoms with E-state index in [1.54, 1.807) is 24.4 Å². The first-order valence-electron chi connectivity index (χ1n) is 5.64. The molecule has 2 aromatic rings. The van der Waals surface area contributed by atoms with E-state index in [2.05, 4.69) is 4.98 Å². The summed E-state index contributed by atoms with van der Waals surface area (Å²) in [6.07, 6.45) is 2.06. The summed E-state index contributed by atoms with van der Waals surface area (Å²) in [5.41, 5.74) is 8.23. The molecule has 0 aliphatic heterocycles. The van der Waals surface area contributed by atoms with Gasteiger partial charge in [-0.15, -0.1) is 0 Å². The Bertz CT molecular complexity index is 549. The molecule has 0 atom stereocenters. The highest BCUT2D eigenvalue weighted by Crippen LogP contribution is 2.24. The molecule has 2 N–H and O–H groups in total. The second-order valence-corrected chi connectivity index (χ2v) is 4.10. The summed E-state index contributed by atoms with van der Waals surface area (Å²) in [6, 6.07) is 6.95. The van der Waals surface area contributed by atoms with Crippen LogP contribution >= 0.6 is 0 Å². The third kappa shape index (κ3) is 2.27. The van der Waals surface area contributed by atoms with Crippen molar-refractivity contribution < 1.29 is 9.13 Å². The first-order chi connectivity index (χ1) is 8.63. The summed E-state index contributed by atoms with van der Waals surface area (Å²) in [5.74, 6) is 0.340. The van der Waals surface area contributed by atoms with Gasteiger partial charge in [-0.25, -0.2) is 9.37 Å². The minimum Gasteiger partial charge on any atom is -0.494 e. The Labute approximate surface area is 105 Å². The monoisotopic (exact) mass is 246 g/mol. The van der Waals surface area contributed by atoms with Crippen molar-refractivity contribution in [2.75, 3.05) is 12.8 Å². The molecule has 4 heteroatoms. The van der Waals surface area contributed by atoms with Gasteiger partial charge >= 0.3 is 0 Å². The van der Waals surface area contributed by atoms with Gasteiger partial charge in [-0.05, 0) is 30.2 Å². The predicted molar refractivity (Wildman–Crippen MR) is 69.1 cm³/mol. The molecule has 0 saturated heterocycles. The number of anilines is 1. The average molecular weight is 246 g/mol. The summed E-state index contributed by atoms with van der Waals surface area (Å²) in [6.45, 7) is 1.94. The topological polar surface area (TPSA) is 48.1 Å². The van der Waals surface area contributed by atoms with Crippen LogP contribution in [-0.2, 0) is 6.42 Å². The van der Waals surface area contributed by atoms with Crippen LogP contribution in [0.2, 0.25) is 0 Å². The molecular weight excluding hydrogens is 231 g/mol. The van der Waals surface area contributed by atoms with Gasteiger partial charge in [-0.2, -0.15) is 0 Å². The second kappa shape index (κ2) is 5.04. The number of nitrogen functional groups attached to an aromatic ring is 1. The zero-order valence-corrected chi connectivity index (χ0v) is 10.4. The van der Waals surface area contributed by atoms with Gasteiger partial charge in [0.1, 0.15) is 5.82 Å². The number of hydrogen-bond acceptors (Lipinski definition) is 3. The standard InChI is InChI=1S/C14H15FN2O/c1-9-6-7-17-14(16)11(9)8-10-4-3-5-12(18-2)13(10)15/h3-7H,8H2,1-2H3,(H2,16,17). The SMILES string of the molecule is COc1cccc(Cc2c(C)ccnc2N)c1F. The molecule has 1 heterocycles. The lowest BCUT2D eigenvalue weighted by molar-refractivity contribution is 0.384. The first-order valence-corrected chi connectivity index (χ1v) is 5.64. The van der Waals surface area contributed by atoms with Crippen molar-refractivity contribution in [2.24, 2.45) is 0 Å². The molecule has 2 rings (SSSR count). The molecule has 0 amide bonds. The Morgan fingerprint density at radius 2 is 2.11 bits per heavy atom. The largest absolute Gasteiger partial charge is 0.494 e. The number of hydrogen-bond donors (Lipinski definition) is 1. The number of nitrogens with zero attached hydrogens (tertiary/aromatic N) is 1. The van der Waals surface area contributed by atoms with Crippen LogP contribution in [0.3, 0.4) is 0 Å². The van der Waals surface area contributed by atoms with Crippen molar-refractivity contribution in [3.05, 3.63) is 53.0 Å². The average Bonchev–Trinajstić information content (AvgIpc) is 2.36. The van der Waals surface area contributed by atoms with E-state index in [1.807, 2.05) is 13.0 Å². The van der Waals surface area contributed by atoms with Gasteiger partial charge in [0.25, 0.3) is 0 Å². The van der Waals surface area contributed by atoms with E-state index >= 15 is 0 Å². The zero-order chi connectivity index (χ0) is 13.1. The molecule has 0 unspecified atom stereocenters. The summed E-state index contributed by atoms with van der Waals surface area (Å²) in [5, 5.41) is 0. The van der Waals surface area contributed by atoms with E-state index in [-0.39, 0.29) is 11.6 Å². The highest BCUT2D eigenvalue weighted by atomic mass is 19.1. The van der Waals surface area contributed by atoms with Crippen LogP contribution in [0.5, 0.6) is 5.75 Å². The van der Waals surface area contributed by atoms with Gasteiger partial charge in [0.05, 0.1) is 7.11 Å². The maximum absolute atomic E-state index is 14.0. The number of methoxy groups -OCH3 is 1. The molecule has 1 aromatic heterocycles. The third-order valence-corrected chi connectivity index (χ3v) is 2.95. The van der Waals surface area contributed by atoms with Crippen molar-refractivity contribution in [1.29, 1.82) is 0 Å². The normalized spacial score (nSPS) is 10.4. The maximum Gasteiger partial charge on any atom is 0.168 e. The van der Waals surface area contributed by atoms with Crippen LogP contribution in [0.4, 0.5) is 10.2 Å². The number of aromatic nitrogens is 1. The first kappa shape index (κ1) is 12.4. The number of benzene rings is 1. The molecule has 0 aliphatic carbocycles. The molecule has 0 bridgehead atoms. The Hall–Kier alpha value is -2.10. The molecule has 18 heavy (non-hydrogen) atoms. The molecular formula is C14H15FN2O. The number of halogens is 1. The number of aryl methyl sites for hydroxylation is 1. The van der Waals surface area contributed by atoms with E-state index in [9.17, 15) is 4.39 Å². The quantitative estimate of drug-likeness (QED) is 0.905. The van der Waals surface area contributed by atoms with Crippen molar-refractivity contribution in [1.82, 2.24) is 4.98 Å². The lowest BCUT2D eigenvalue weighted by Gasteiger charge is -2.10. The number of pyridine rings is 1. The van der Waals surface area contributed by atoms with Gasteiger partial charge in [-0.3, -0.25) is 0 Å². The molecule has 0 radical (unpaired) electrons. The fraction of sp³-hybridized carbons (Fsp3) is 0.214. The van der Waals surface area contributed by atoms with Crippen LogP contribution < -0.4 is 10.5 Å². The van der Waals surface area contributed by atoms with E-state index < -0.39 is 0 Å². The van der Waals surface area contributed by atoms with Crippen LogP contribution in [0.15, 0.2) is 30.5 Å². The van der Waals surface area contributed by atoms with E-state index in [4.69, 9.17) is 10.5 Å². The zero-order valence-electron chi connectivity index (χ0n) is 10.4. The highest BCUT2D eigenvalue weighted by molar-refractivity contribution is 5.47. The minimum atomic E-state index is -0.345. The Morgan fingerprint density at radius 1 is 1.33 bits per heavy atom. The molecule has 0 spiro atoms. The summed E-state index contributed by atoms with van der Waals surface area (Å²) in [4.78, 5) is 4.03. The van der Waals surface area contributed by atoms with Crippen molar-refractivity contribution >= 4 is 5.82 Å². The fourth-order valence-electron chi connectivity index (χ4n) is 1.88. The van der Waals surface area contributed by atoms with E-state index in [0.29, 0.717) is 17.8 Å². The molecule has 0 fully saturated rings. The molecule has 1 aromatic carbocycles. The predicted octanol–water partition coefficient (Wildman–Crippen LogP) is 2.71. The van der Waals surface area contributed by atoms with Crippen LogP contribution in [0.25, 0.3) is 0 Å². The number of rotatable bonds is 3. The Balaban J connectivity index is 2.40. The molecule has 3 nitrogen and oxygen atoms in total. The summed E-state index contributed by atoms with van der Waals surface area (Å²) in [7, 11) is 1.45. The molecule has 0 aliphatic rings. The third-order valence-electron chi connectivity index (χ3n) is 2.95. The maximum atomic E-state index is 14.0. The van der Waals surface area contributed by atoms with Gasteiger partial charge in [-0.1, -0.05) is 12.1 Å². The molecule has 0 saturated carbocycles. The van der Waals surface area contributed by atoms with E-state index in [0.717, 1.165) is 11.1 Å². The summed E-state index contributed by atoms with van der Waals surface area (Å²) < 4.78 is 19.0. The second-order valence-electron chi connectivity index (χ2n) is 4.10. The Kier molecular flexibility index (Phi) is 3.46. The van der Waals surface area contributed by atoms with Crippen molar-refractivity contribution in [3.63, 3.8) is 0 Å². The van der Waals surface area contributed by atoms with Gasteiger partial charge in [0, 0.05) is 18.2 Å². The smallest absolute Gasteiger partial charge is 0.168 e. The number of nitrogens with two attached hydrogens (primary N) is 1. The molecule has 94 valence electrons. The Morgan fingerprint density at radius 3 is 2.78 bits per heavy atom. The van der Waals surface area contributed by atoms with Gasteiger partial charge in [0.2, 0.25) is 0 Å². The van der Waals surface area contributed by atoms with Crippen LogP contribution in [0.1, 0.15) is 16.7 Å². The van der Waals surface area contributed by atoms with Gasteiger partial charge < -0.3 is 10.5 Å². The minimum absolute atomic E-state index is 0.243. The number of ether oxygens (including phenoxy) is 1. The fourth-order valence-corrected chi connectivity index (χ4v) is 1.88. The highest BCUT2D eigenvalue weighted by Gasteiger charge is 2.12. The lowest BCUT2D eigenvalue weighted by atomic mass is 10.0. The summed E-state index contributed by atoms with van der Waals surface area (Å²) >= 11 is 0. The van der Waals surface area contributed by atoms with Crippen molar-refractivity contribution in [2.45, 2.75) is 13.3 Å². The lowest BCUT2D eigenvalue weighted by Crippen LogP contribution is -2.03. The van der Waals surface area contributed by atoms with Gasteiger partial charge in [0.15, 0.2) is 11.6 Å². The van der Waals surface area contributed by atoms with E-state index in [1.165, 1.54) is 7.11 Å². The van der Waals surface area contributed by atoms with Crippen molar-refractivity contribution in [3.8, 4) is 5.75 Å².